The highest BCUT2D eigenvalue weighted by molar-refractivity contribution is 5.79. The predicted octanol–water partition coefficient (Wildman–Crippen LogP) is 2.57. The molecule has 3 heterocycles. The molecule has 2 aromatic heterocycles. The predicted molar refractivity (Wildman–Crippen MR) is 104 cm³/mol. The summed E-state index contributed by atoms with van der Waals surface area (Å²) >= 11 is 0. The molecule has 1 amide bonds. The maximum absolute atomic E-state index is 12.7. The molecule has 1 saturated carbocycles. The zero-order valence-corrected chi connectivity index (χ0v) is 15.9. The topological polar surface area (TPSA) is 75.9 Å². The van der Waals surface area contributed by atoms with Gasteiger partial charge in [-0.3, -0.25) is 9.36 Å². The molecule has 0 radical (unpaired) electrons. The first-order chi connectivity index (χ1) is 13.2. The quantitative estimate of drug-likeness (QED) is 0.898. The van der Waals surface area contributed by atoms with Crippen molar-refractivity contribution in [3.05, 3.63) is 31.1 Å². The van der Waals surface area contributed by atoms with Crippen LogP contribution in [0.5, 0.6) is 0 Å². The number of anilines is 1. The molecule has 2 aliphatic rings. The van der Waals surface area contributed by atoms with Crippen LogP contribution in [0.15, 0.2) is 31.1 Å². The second-order valence-electron chi connectivity index (χ2n) is 7.84. The summed E-state index contributed by atoms with van der Waals surface area (Å²) in [6, 6.07) is 2.34. The van der Waals surface area contributed by atoms with Gasteiger partial charge in [0, 0.05) is 43.5 Å². The number of hydrogen-bond donors (Lipinski definition) is 1. The Morgan fingerprint density at radius 1 is 1.11 bits per heavy atom. The van der Waals surface area contributed by atoms with Crippen LogP contribution >= 0.6 is 0 Å². The third-order valence-electron chi connectivity index (χ3n) is 6.04. The number of hydrogen-bond acceptors (Lipinski definition) is 5. The van der Waals surface area contributed by atoms with Crippen molar-refractivity contribution >= 4 is 11.7 Å². The Labute approximate surface area is 160 Å². The first-order valence-corrected chi connectivity index (χ1v) is 10.1. The lowest BCUT2D eigenvalue weighted by molar-refractivity contribution is -0.126. The average molecular weight is 368 g/mol. The molecule has 1 aliphatic carbocycles. The van der Waals surface area contributed by atoms with Gasteiger partial charge in [0.25, 0.3) is 0 Å². The van der Waals surface area contributed by atoms with Gasteiger partial charge in [-0.1, -0.05) is 19.8 Å². The van der Waals surface area contributed by atoms with Gasteiger partial charge in [-0.15, -0.1) is 0 Å². The summed E-state index contributed by atoms with van der Waals surface area (Å²) in [7, 11) is 0. The Bertz CT molecular complexity index is 754. The monoisotopic (exact) mass is 368 g/mol. The molecule has 4 rings (SSSR count). The summed E-state index contributed by atoms with van der Waals surface area (Å²) in [5.41, 5.74) is 0. The van der Waals surface area contributed by atoms with Crippen molar-refractivity contribution in [2.75, 3.05) is 18.0 Å². The van der Waals surface area contributed by atoms with Crippen LogP contribution in [0.4, 0.5) is 5.82 Å². The standard InChI is InChI=1S/C20H28N6O/c1-15-4-2-3-5-17(15)24-20(27)16-6-9-25(10-7-16)18-12-19(23-13-22-18)26-11-8-21-14-26/h8,11-17H,2-7,9-10H2,1H3,(H,24,27). The second-order valence-corrected chi connectivity index (χ2v) is 7.84. The number of rotatable bonds is 4. The average Bonchev–Trinajstić information content (AvgIpc) is 3.25. The zero-order valence-electron chi connectivity index (χ0n) is 15.9. The molecule has 2 atom stereocenters. The molecule has 2 unspecified atom stereocenters. The van der Waals surface area contributed by atoms with Gasteiger partial charge in [0.2, 0.25) is 5.91 Å². The van der Waals surface area contributed by atoms with E-state index in [0.717, 1.165) is 44.0 Å². The minimum Gasteiger partial charge on any atom is -0.356 e. The lowest BCUT2D eigenvalue weighted by Gasteiger charge is -2.35. The van der Waals surface area contributed by atoms with Gasteiger partial charge in [-0.25, -0.2) is 15.0 Å². The molecular formula is C20H28N6O. The molecule has 0 bridgehead atoms. The van der Waals surface area contributed by atoms with Crippen molar-refractivity contribution in [3.63, 3.8) is 0 Å². The summed E-state index contributed by atoms with van der Waals surface area (Å²) in [6.45, 7) is 3.96. The van der Waals surface area contributed by atoms with Crippen molar-refractivity contribution in [2.45, 2.75) is 51.5 Å². The van der Waals surface area contributed by atoms with E-state index in [9.17, 15) is 4.79 Å². The Morgan fingerprint density at radius 3 is 2.63 bits per heavy atom. The van der Waals surface area contributed by atoms with Crippen LogP contribution in [-0.4, -0.2) is 44.6 Å². The maximum Gasteiger partial charge on any atom is 0.223 e. The fourth-order valence-corrected chi connectivity index (χ4v) is 4.25. The number of aromatic nitrogens is 4. The van der Waals surface area contributed by atoms with E-state index in [1.807, 2.05) is 16.8 Å². The lowest BCUT2D eigenvalue weighted by atomic mass is 9.85. The van der Waals surface area contributed by atoms with Crippen LogP contribution in [0.25, 0.3) is 5.82 Å². The van der Waals surface area contributed by atoms with E-state index in [1.54, 1.807) is 18.9 Å². The largest absolute Gasteiger partial charge is 0.356 e. The number of carbonyl (C=O) groups excluding carboxylic acids is 1. The first kappa shape index (κ1) is 17.9. The van der Waals surface area contributed by atoms with Gasteiger partial charge in [-0.2, -0.15) is 0 Å². The Hall–Kier alpha value is -2.44. The molecule has 1 saturated heterocycles. The number of piperidine rings is 1. The fraction of sp³-hybridized carbons (Fsp3) is 0.600. The van der Waals surface area contributed by atoms with Crippen LogP contribution in [0, 0.1) is 11.8 Å². The second kappa shape index (κ2) is 8.06. The SMILES string of the molecule is CC1CCCCC1NC(=O)C1CCN(c2cc(-n3ccnc3)ncn2)CC1. The first-order valence-electron chi connectivity index (χ1n) is 10.1. The molecule has 2 fully saturated rings. The molecule has 2 aromatic rings. The minimum absolute atomic E-state index is 0.116. The molecular weight excluding hydrogens is 340 g/mol. The van der Waals surface area contributed by atoms with Gasteiger partial charge in [0.05, 0.1) is 0 Å². The highest BCUT2D eigenvalue weighted by Crippen LogP contribution is 2.26. The van der Waals surface area contributed by atoms with Crippen molar-refractivity contribution in [3.8, 4) is 5.82 Å². The van der Waals surface area contributed by atoms with E-state index in [1.165, 1.54) is 19.3 Å². The van der Waals surface area contributed by atoms with Gasteiger partial charge in [-0.05, 0) is 31.6 Å². The highest BCUT2D eigenvalue weighted by Gasteiger charge is 2.29. The van der Waals surface area contributed by atoms with E-state index >= 15 is 0 Å². The van der Waals surface area contributed by atoms with Gasteiger partial charge in [0.1, 0.15) is 24.3 Å². The summed E-state index contributed by atoms with van der Waals surface area (Å²) < 4.78 is 1.87. The summed E-state index contributed by atoms with van der Waals surface area (Å²) in [5.74, 6) is 2.68. The normalized spacial score (nSPS) is 24.0. The van der Waals surface area contributed by atoms with E-state index in [-0.39, 0.29) is 11.8 Å². The summed E-state index contributed by atoms with van der Waals surface area (Å²) in [5, 5.41) is 3.33. The fourth-order valence-electron chi connectivity index (χ4n) is 4.25. The molecule has 7 nitrogen and oxygen atoms in total. The van der Waals surface area contributed by atoms with Crippen molar-refractivity contribution in [1.29, 1.82) is 0 Å². The van der Waals surface area contributed by atoms with E-state index in [2.05, 4.69) is 32.1 Å². The molecule has 1 N–H and O–H groups in total. The van der Waals surface area contributed by atoms with Crippen LogP contribution in [0.3, 0.4) is 0 Å². The van der Waals surface area contributed by atoms with Crippen LogP contribution in [0.1, 0.15) is 45.4 Å². The van der Waals surface area contributed by atoms with Gasteiger partial charge >= 0.3 is 0 Å². The minimum atomic E-state index is 0.116. The Morgan fingerprint density at radius 2 is 1.89 bits per heavy atom. The Kier molecular flexibility index (Phi) is 5.36. The molecule has 7 heteroatoms. The van der Waals surface area contributed by atoms with Crippen molar-refractivity contribution < 1.29 is 4.79 Å². The molecule has 0 spiro atoms. The van der Waals surface area contributed by atoms with Crippen LogP contribution in [0.2, 0.25) is 0 Å². The number of imidazole rings is 1. The van der Waals surface area contributed by atoms with E-state index in [0.29, 0.717) is 12.0 Å². The number of nitrogens with zero attached hydrogens (tertiary/aromatic N) is 5. The van der Waals surface area contributed by atoms with E-state index in [4.69, 9.17) is 0 Å². The molecule has 1 aliphatic heterocycles. The van der Waals surface area contributed by atoms with Gasteiger partial charge < -0.3 is 10.2 Å². The maximum atomic E-state index is 12.7. The Balaban J connectivity index is 1.33. The van der Waals surface area contributed by atoms with E-state index < -0.39 is 0 Å². The smallest absolute Gasteiger partial charge is 0.223 e. The highest BCUT2D eigenvalue weighted by atomic mass is 16.2. The zero-order chi connectivity index (χ0) is 18.6. The van der Waals surface area contributed by atoms with Crippen LogP contribution in [-0.2, 0) is 4.79 Å². The number of carbonyl (C=O) groups is 1. The summed E-state index contributed by atoms with van der Waals surface area (Å²) in [4.78, 5) is 27.8. The van der Waals surface area contributed by atoms with Crippen LogP contribution < -0.4 is 10.2 Å². The number of amides is 1. The third-order valence-corrected chi connectivity index (χ3v) is 6.04. The molecule has 0 aromatic carbocycles. The lowest BCUT2D eigenvalue weighted by Crippen LogP contribution is -2.46. The molecule has 144 valence electrons. The van der Waals surface area contributed by atoms with Crippen molar-refractivity contribution in [1.82, 2.24) is 24.8 Å². The third kappa shape index (κ3) is 4.12. The number of nitrogens with one attached hydrogen (secondary N) is 1. The van der Waals surface area contributed by atoms with Crippen molar-refractivity contribution in [2.24, 2.45) is 11.8 Å². The molecule has 27 heavy (non-hydrogen) atoms. The van der Waals surface area contributed by atoms with Gasteiger partial charge in [0.15, 0.2) is 0 Å². The summed E-state index contributed by atoms with van der Waals surface area (Å²) in [6.07, 6.45) is 13.6.